The lowest BCUT2D eigenvalue weighted by Crippen LogP contribution is -2.45. The number of hydrogen-bond donors (Lipinski definition) is 2. The number of hydrogen-bond acceptors (Lipinski definition) is 3. The lowest BCUT2D eigenvalue weighted by molar-refractivity contribution is 0.648. The van der Waals surface area contributed by atoms with E-state index in [0.717, 1.165) is 44.1 Å². The minimum absolute atomic E-state index is 0. The molecule has 0 aliphatic carbocycles. The van der Waals surface area contributed by atoms with Crippen molar-refractivity contribution in [1.29, 1.82) is 0 Å². The Hall–Kier alpha value is -2.55. The third-order valence-corrected chi connectivity index (χ3v) is 5.51. The molecule has 0 bridgehead atoms. The number of nitrogens with zero attached hydrogens (tertiary/aromatic N) is 4. The zero-order chi connectivity index (χ0) is 20.8. The molecule has 1 saturated heterocycles. The number of anilines is 1. The smallest absolute Gasteiger partial charge is 0.191 e. The Balaban J connectivity index is 0.00000272. The molecular weight excluding hydrogens is 499 g/mol. The first kappa shape index (κ1) is 23.1. The highest BCUT2D eigenvalue weighted by Crippen LogP contribution is 2.20. The molecule has 2 aromatic carbocycles. The topological polar surface area (TPSA) is 57.5 Å². The molecular formula is C24H31IN6. The number of aryl methyl sites for hydroxylation is 1. The van der Waals surface area contributed by atoms with E-state index in [4.69, 9.17) is 0 Å². The first-order valence-corrected chi connectivity index (χ1v) is 10.6. The van der Waals surface area contributed by atoms with Gasteiger partial charge >= 0.3 is 0 Å². The van der Waals surface area contributed by atoms with E-state index >= 15 is 0 Å². The van der Waals surface area contributed by atoms with Gasteiger partial charge in [0.25, 0.3) is 0 Å². The maximum Gasteiger partial charge on any atom is 0.191 e. The van der Waals surface area contributed by atoms with E-state index in [1.807, 2.05) is 36.1 Å². The van der Waals surface area contributed by atoms with Crippen molar-refractivity contribution in [2.24, 2.45) is 4.99 Å². The summed E-state index contributed by atoms with van der Waals surface area (Å²) in [5, 5.41) is 11.5. The summed E-state index contributed by atoms with van der Waals surface area (Å²) in [4.78, 5) is 6.83. The molecule has 0 spiro atoms. The molecule has 1 fully saturated rings. The molecule has 1 unspecified atom stereocenters. The van der Waals surface area contributed by atoms with Gasteiger partial charge in [-0.15, -0.1) is 24.0 Å². The van der Waals surface area contributed by atoms with Crippen molar-refractivity contribution in [3.05, 3.63) is 78.1 Å². The van der Waals surface area contributed by atoms with Gasteiger partial charge in [-0.05, 0) is 49.6 Å². The summed E-state index contributed by atoms with van der Waals surface area (Å²) in [6.07, 6.45) is 6.02. The van der Waals surface area contributed by atoms with Crippen molar-refractivity contribution in [3.8, 4) is 5.69 Å². The summed E-state index contributed by atoms with van der Waals surface area (Å²) in [6, 6.07) is 19.4. The van der Waals surface area contributed by atoms with E-state index in [0.29, 0.717) is 6.04 Å². The largest absolute Gasteiger partial charge is 0.369 e. The van der Waals surface area contributed by atoms with Crippen molar-refractivity contribution in [1.82, 2.24) is 20.4 Å². The summed E-state index contributed by atoms with van der Waals surface area (Å²) >= 11 is 0. The Morgan fingerprint density at radius 1 is 1.10 bits per heavy atom. The highest BCUT2D eigenvalue weighted by atomic mass is 127. The minimum atomic E-state index is 0. The molecule has 31 heavy (non-hydrogen) atoms. The van der Waals surface area contributed by atoms with Gasteiger partial charge < -0.3 is 15.5 Å². The first-order valence-electron chi connectivity index (χ1n) is 10.6. The van der Waals surface area contributed by atoms with E-state index in [9.17, 15) is 0 Å². The second-order valence-corrected chi connectivity index (χ2v) is 7.79. The molecule has 2 heterocycles. The van der Waals surface area contributed by atoms with Gasteiger partial charge in [0.05, 0.1) is 11.9 Å². The summed E-state index contributed by atoms with van der Waals surface area (Å²) in [5.74, 6) is 0.862. The number of halogens is 1. The predicted octanol–water partition coefficient (Wildman–Crippen LogP) is 3.79. The predicted molar refractivity (Wildman–Crippen MR) is 139 cm³/mol. The van der Waals surface area contributed by atoms with E-state index in [2.05, 4.69) is 75.1 Å². The lowest BCUT2D eigenvalue weighted by atomic mass is 10.2. The Morgan fingerprint density at radius 3 is 2.61 bits per heavy atom. The van der Waals surface area contributed by atoms with E-state index < -0.39 is 0 Å². The fourth-order valence-corrected chi connectivity index (χ4v) is 3.79. The Labute approximate surface area is 201 Å². The molecule has 0 saturated carbocycles. The van der Waals surface area contributed by atoms with Crippen LogP contribution in [0.5, 0.6) is 0 Å². The highest BCUT2D eigenvalue weighted by Gasteiger charge is 2.23. The molecule has 4 rings (SSSR count). The molecule has 1 atom stereocenters. The van der Waals surface area contributed by atoms with Gasteiger partial charge in [0.15, 0.2) is 5.96 Å². The first-order chi connectivity index (χ1) is 14.7. The number of para-hydroxylation sites is 1. The molecule has 1 aromatic heterocycles. The second-order valence-electron chi connectivity index (χ2n) is 7.79. The van der Waals surface area contributed by atoms with Gasteiger partial charge in [-0.25, -0.2) is 4.68 Å². The quantitative estimate of drug-likeness (QED) is 0.290. The number of aliphatic imine (C=N–C) groups is 1. The molecule has 0 amide bonds. The van der Waals surface area contributed by atoms with E-state index in [-0.39, 0.29) is 24.0 Å². The minimum Gasteiger partial charge on any atom is -0.369 e. The van der Waals surface area contributed by atoms with Gasteiger partial charge in [-0.1, -0.05) is 35.9 Å². The third-order valence-electron chi connectivity index (χ3n) is 5.51. The van der Waals surface area contributed by atoms with Crippen LogP contribution in [0.1, 0.15) is 17.5 Å². The van der Waals surface area contributed by atoms with Crippen LogP contribution < -0.4 is 15.5 Å². The highest BCUT2D eigenvalue weighted by molar-refractivity contribution is 14.0. The molecule has 6 nitrogen and oxygen atoms in total. The zero-order valence-corrected chi connectivity index (χ0v) is 20.5. The van der Waals surface area contributed by atoms with Crippen LogP contribution in [0.25, 0.3) is 5.69 Å². The average molecular weight is 530 g/mol. The zero-order valence-electron chi connectivity index (χ0n) is 18.2. The van der Waals surface area contributed by atoms with Gasteiger partial charge in [-0.2, -0.15) is 5.10 Å². The standard InChI is InChI=1S/C24H30N6.HI/c1-19-8-10-22(11-9-19)29-15-13-21(18-29)28-24(25-2)26-14-12-20-16-27-30(17-20)23-6-4-3-5-7-23;/h3-11,16-17,21H,12-15,18H2,1-2H3,(H2,25,26,28);1H. The molecule has 164 valence electrons. The van der Waals surface area contributed by atoms with Gasteiger partial charge in [-0.3, -0.25) is 4.99 Å². The number of nitrogens with one attached hydrogen (secondary N) is 2. The Bertz CT molecular complexity index is 967. The van der Waals surface area contributed by atoms with Crippen molar-refractivity contribution >= 4 is 35.6 Å². The Kier molecular flexibility index (Phi) is 8.34. The number of rotatable bonds is 6. The molecule has 1 aliphatic heterocycles. The fourth-order valence-electron chi connectivity index (χ4n) is 3.79. The van der Waals surface area contributed by atoms with Crippen LogP contribution in [0.2, 0.25) is 0 Å². The van der Waals surface area contributed by atoms with Gasteiger partial charge in [0.2, 0.25) is 0 Å². The molecule has 3 aromatic rings. The average Bonchev–Trinajstić information content (AvgIpc) is 3.44. The Morgan fingerprint density at radius 2 is 1.87 bits per heavy atom. The fraction of sp³-hybridized carbons (Fsp3) is 0.333. The van der Waals surface area contributed by atoms with Crippen LogP contribution in [0.4, 0.5) is 5.69 Å². The van der Waals surface area contributed by atoms with Crippen molar-refractivity contribution < 1.29 is 0 Å². The third kappa shape index (κ3) is 6.22. The molecule has 7 heteroatoms. The lowest BCUT2D eigenvalue weighted by Gasteiger charge is -2.20. The molecule has 0 radical (unpaired) electrons. The van der Waals surface area contributed by atoms with Crippen molar-refractivity contribution in [2.75, 3.05) is 31.6 Å². The maximum absolute atomic E-state index is 4.47. The number of guanidine groups is 1. The van der Waals surface area contributed by atoms with Crippen LogP contribution >= 0.6 is 24.0 Å². The van der Waals surface area contributed by atoms with Crippen LogP contribution in [-0.2, 0) is 6.42 Å². The van der Waals surface area contributed by atoms with Crippen LogP contribution in [0, 0.1) is 6.92 Å². The van der Waals surface area contributed by atoms with Gasteiger partial charge in [0, 0.05) is 44.6 Å². The molecule has 2 N–H and O–H groups in total. The van der Waals surface area contributed by atoms with Crippen LogP contribution in [-0.4, -0.2) is 48.5 Å². The summed E-state index contributed by atoms with van der Waals surface area (Å²) in [5.41, 5.74) is 4.87. The van der Waals surface area contributed by atoms with Crippen LogP contribution in [0.3, 0.4) is 0 Å². The number of benzene rings is 2. The monoisotopic (exact) mass is 530 g/mol. The second kappa shape index (κ2) is 11.2. The molecule has 1 aliphatic rings. The van der Waals surface area contributed by atoms with E-state index in [1.54, 1.807) is 0 Å². The SMILES string of the molecule is CN=C(NCCc1cnn(-c2ccccc2)c1)NC1CCN(c2ccc(C)cc2)C1.I. The van der Waals surface area contributed by atoms with Crippen molar-refractivity contribution in [3.63, 3.8) is 0 Å². The summed E-state index contributed by atoms with van der Waals surface area (Å²) in [7, 11) is 1.83. The van der Waals surface area contributed by atoms with Gasteiger partial charge in [0.1, 0.15) is 0 Å². The van der Waals surface area contributed by atoms with Crippen LogP contribution in [0.15, 0.2) is 72.0 Å². The maximum atomic E-state index is 4.47. The van der Waals surface area contributed by atoms with Crippen molar-refractivity contribution in [2.45, 2.75) is 25.8 Å². The van der Waals surface area contributed by atoms with E-state index in [1.165, 1.54) is 16.8 Å². The summed E-state index contributed by atoms with van der Waals surface area (Å²) in [6.45, 7) is 5.00. The number of aromatic nitrogens is 2. The normalized spacial score (nSPS) is 16.1. The summed E-state index contributed by atoms with van der Waals surface area (Å²) < 4.78 is 1.92.